The molecule has 1 saturated heterocycles. The molecule has 0 bridgehead atoms. The first kappa shape index (κ1) is 13.9. The van der Waals surface area contributed by atoms with Crippen LogP contribution in [0.25, 0.3) is 10.9 Å². The predicted octanol–water partition coefficient (Wildman–Crippen LogP) is 3.26. The SMILES string of the molecule is COc1ccc2nc(C(=O)N3CCCCCC3)ccc2c1. The smallest absolute Gasteiger partial charge is 0.272 e. The molecule has 1 aromatic heterocycles. The second-order valence-corrected chi connectivity index (χ2v) is 5.46. The third-order valence-electron chi connectivity index (χ3n) is 4.01. The van der Waals surface area contributed by atoms with Crippen LogP contribution in [0.15, 0.2) is 30.3 Å². The fraction of sp³-hybridized carbons (Fsp3) is 0.412. The monoisotopic (exact) mass is 284 g/mol. The van der Waals surface area contributed by atoms with Crippen molar-refractivity contribution in [1.82, 2.24) is 9.88 Å². The molecule has 0 atom stereocenters. The standard InChI is InChI=1S/C17H20N2O2/c1-21-14-7-9-15-13(12-14)6-8-16(18-15)17(20)19-10-4-2-3-5-11-19/h6-9,12H,2-5,10-11H2,1H3. The highest BCUT2D eigenvalue weighted by molar-refractivity contribution is 5.95. The highest BCUT2D eigenvalue weighted by Gasteiger charge is 2.18. The molecule has 1 fully saturated rings. The Kier molecular flexibility index (Phi) is 4.04. The lowest BCUT2D eigenvalue weighted by molar-refractivity contribution is 0.0756. The summed E-state index contributed by atoms with van der Waals surface area (Å²) in [4.78, 5) is 19.0. The van der Waals surface area contributed by atoms with E-state index in [9.17, 15) is 4.79 Å². The van der Waals surface area contributed by atoms with Crippen LogP contribution in [-0.4, -0.2) is 36.0 Å². The lowest BCUT2D eigenvalue weighted by Crippen LogP contribution is -2.32. The highest BCUT2D eigenvalue weighted by Crippen LogP contribution is 2.20. The first-order chi connectivity index (χ1) is 10.3. The number of likely N-dealkylation sites (tertiary alicyclic amines) is 1. The minimum Gasteiger partial charge on any atom is -0.497 e. The molecule has 21 heavy (non-hydrogen) atoms. The summed E-state index contributed by atoms with van der Waals surface area (Å²) < 4.78 is 5.21. The van der Waals surface area contributed by atoms with Gasteiger partial charge in [0.1, 0.15) is 11.4 Å². The summed E-state index contributed by atoms with van der Waals surface area (Å²) in [7, 11) is 1.64. The van der Waals surface area contributed by atoms with Crippen molar-refractivity contribution in [2.24, 2.45) is 0 Å². The van der Waals surface area contributed by atoms with Crippen molar-refractivity contribution < 1.29 is 9.53 Å². The van der Waals surface area contributed by atoms with Crippen molar-refractivity contribution in [1.29, 1.82) is 0 Å². The van der Waals surface area contributed by atoms with E-state index in [1.807, 2.05) is 35.2 Å². The van der Waals surface area contributed by atoms with Crippen LogP contribution in [-0.2, 0) is 0 Å². The fourth-order valence-corrected chi connectivity index (χ4v) is 2.79. The van der Waals surface area contributed by atoms with Crippen LogP contribution in [0.4, 0.5) is 0 Å². The molecule has 1 amide bonds. The first-order valence-corrected chi connectivity index (χ1v) is 7.52. The number of hydrogen-bond donors (Lipinski definition) is 0. The molecule has 1 aliphatic heterocycles. The fourth-order valence-electron chi connectivity index (χ4n) is 2.79. The van der Waals surface area contributed by atoms with Crippen molar-refractivity contribution in [2.75, 3.05) is 20.2 Å². The Labute approximate surface area is 124 Å². The van der Waals surface area contributed by atoms with Gasteiger partial charge in [-0.1, -0.05) is 18.9 Å². The Morgan fingerprint density at radius 2 is 1.86 bits per heavy atom. The van der Waals surface area contributed by atoms with E-state index in [-0.39, 0.29) is 5.91 Å². The molecule has 2 heterocycles. The van der Waals surface area contributed by atoms with Crippen molar-refractivity contribution in [2.45, 2.75) is 25.7 Å². The second kappa shape index (κ2) is 6.12. The molecule has 2 aromatic rings. The Morgan fingerprint density at radius 1 is 1.10 bits per heavy atom. The molecular weight excluding hydrogens is 264 g/mol. The van der Waals surface area contributed by atoms with E-state index in [4.69, 9.17) is 4.74 Å². The van der Waals surface area contributed by atoms with Crippen LogP contribution in [0.1, 0.15) is 36.2 Å². The van der Waals surface area contributed by atoms with Gasteiger partial charge in [-0.05, 0) is 37.1 Å². The van der Waals surface area contributed by atoms with Crippen molar-refractivity contribution >= 4 is 16.8 Å². The van der Waals surface area contributed by atoms with Gasteiger partial charge in [0.05, 0.1) is 12.6 Å². The Morgan fingerprint density at radius 3 is 2.57 bits per heavy atom. The molecule has 0 N–H and O–H groups in total. The summed E-state index contributed by atoms with van der Waals surface area (Å²) >= 11 is 0. The Balaban J connectivity index is 1.87. The molecule has 3 rings (SSSR count). The molecule has 0 aliphatic carbocycles. The number of rotatable bonds is 2. The van der Waals surface area contributed by atoms with Gasteiger partial charge in [-0.2, -0.15) is 0 Å². The van der Waals surface area contributed by atoms with Gasteiger partial charge in [0.15, 0.2) is 0 Å². The van der Waals surface area contributed by atoms with Gasteiger partial charge in [-0.15, -0.1) is 0 Å². The van der Waals surface area contributed by atoms with Gasteiger partial charge in [0.25, 0.3) is 5.91 Å². The van der Waals surface area contributed by atoms with Crippen LogP contribution in [0, 0.1) is 0 Å². The van der Waals surface area contributed by atoms with E-state index >= 15 is 0 Å². The summed E-state index contributed by atoms with van der Waals surface area (Å²) in [6, 6.07) is 9.45. The zero-order chi connectivity index (χ0) is 14.7. The number of pyridine rings is 1. The van der Waals surface area contributed by atoms with Crippen LogP contribution < -0.4 is 4.74 Å². The topological polar surface area (TPSA) is 42.4 Å². The lowest BCUT2D eigenvalue weighted by Gasteiger charge is -2.19. The summed E-state index contributed by atoms with van der Waals surface area (Å²) in [6.07, 6.45) is 4.62. The van der Waals surface area contributed by atoms with Crippen LogP contribution in [0.3, 0.4) is 0 Å². The van der Waals surface area contributed by atoms with Gasteiger partial charge in [-0.3, -0.25) is 4.79 Å². The minimum absolute atomic E-state index is 0.0506. The van der Waals surface area contributed by atoms with Gasteiger partial charge in [0, 0.05) is 18.5 Å². The van der Waals surface area contributed by atoms with E-state index in [1.54, 1.807) is 7.11 Å². The molecular formula is C17H20N2O2. The highest BCUT2D eigenvalue weighted by atomic mass is 16.5. The molecule has 1 aromatic carbocycles. The maximum Gasteiger partial charge on any atom is 0.272 e. The normalized spacial score (nSPS) is 15.8. The number of fused-ring (bicyclic) bond motifs is 1. The number of benzene rings is 1. The maximum atomic E-state index is 12.6. The molecule has 4 heteroatoms. The molecule has 0 spiro atoms. The van der Waals surface area contributed by atoms with Crippen LogP contribution in [0.5, 0.6) is 5.75 Å². The predicted molar refractivity (Wildman–Crippen MR) is 82.7 cm³/mol. The number of aromatic nitrogens is 1. The third kappa shape index (κ3) is 2.99. The summed E-state index contributed by atoms with van der Waals surface area (Å²) in [5.41, 5.74) is 1.37. The molecule has 0 radical (unpaired) electrons. The van der Waals surface area contributed by atoms with E-state index in [0.717, 1.165) is 42.6 Å². The molecule has 1 aliphatic rings. The largest absolute Gasteiger partial charge is 0.497 e. The van der Waals surface area contributed by atoms with E-state index in [2.05, 4.69) is 4.98 Å². The minimum atomic E-state index is 0.0506. The van der Waals surface area contributed by atoms with Gasteiger partial charge in [0.2, 0.25) is 0 Å². The van der Waals surface area contributed by atoms with Crippen molar-refractivity contribution in [3.63, 3.8) is 0 Å². The van der Waals surface area contributed by atoms with Gasteiger partial charge >= 0.3 is 0 Å². The van der Waals surface area contributed by atoms with E-state index in [0.29, 0.717) is 5.69 Å². The van der Waals surface area contributed by atoms with Crippen LogP contribution >= 0.6 is 0 Å². The number of carbonyl (C=O) groups excluding carboxylic acids is 1. The lowest BCUT2D eigenvalue weighted by atomic mass is 10.2. The number of nitrogens with zero attached hydrogens (tertiary/aromatic N) is 2. The van der Waals surface area contributed by atoms with Crippen LogP contribution in [0.2, 0.25) is 0 Å². The maximum absolute atomic E-state index is 12.6. The Bertz CT molecular complexity index is 646. The average Bonchev–Trinajstić information content (AvgIpc) is 2.82. The molecule has 4 nitrogen and oxygen atoms in total. The average molecular weight is 284 g/mol. The number of hydrogen-bond acceptors (Lipinski definition) is 3. The van der Waals surface area contributed by atoms with Crippen molar-refractivity contribution in [3.05, 3.63) is 36.0 Å². The summed E-state index contributed by atoms with van der Waals surface area (Å²) in [6.45, 7) is 1.70. The first-order valence-electron chi connectivity index (χ1n) is 7.52. The van der Waals surface area contributed by atoms with Crippen molar-refractivity contribution in [3.8, 4) is 5.75 Å². The van der Waals surface area contributed by atoms with E-state index < -0.39 is 0 Å². The zero-order valence-electron chi connectivity index (χ0n) is 12.3. The quantitative estimate of drug-likeness (QED) is 0.850. The number of amides is 1. The number of methoxy groups -OCH3 is 1. The molecule has 110 valence electrons. The molecule has 0 saturated carbocycles. The van der Waals surface area contributed by atoms with Gasteiger partial charge < -0.3 is 9.64 Å². The van der Waals surface area contributed by atoms with E-state index in [1.165, 1.54) is 12.8 Å². The zero-order valence-corrected chi connectivity index (χ0v) is 12.3. The number of carbonyl (C=O) groups is 1. The van der Waals surface area contributed by atoms with Gasteiger partial charge in [-0.25, -0.2) is 4.98 Å². The second-order valence-electron chi connectivity index (χ2n) is 5.46. The molecule has 0 unspecified atom stereocenters. The Hall–Kier alpha value is -2.10. The third-order valence-corrected chi connectivity index (χ3v) is 4.01. The summed E-state index contributed by atoms with van der Waals surface area (Å²) in [5, 5.41) is 0.988. The number of ether oxygens (including phenoxy) is 1. The summed E-state index contributed by atoms with van der Waals surface area (Å²) in [5.74, 6) is 0.852.